The van der Waals surface area contributed by atoms with Gasteiger partial charge in [-0.3, -0.25) is 4.90 Å². The van der Waals surface area contributed by atoms with E-state index in [-0.39, 0.29) is 18.1 Å². The van der Waals surface area contributed by atoms with Crippen LogP contribution < -0.4 is 4.90 Å². The Kier molecular flexibility index (Phi) is 6.08. The zero-order valence-corrected chi connectivity index (χ0v) is 16.7. The minimum Gasteiger partial charge on any atom is -0.413 e. The van der Waals surface area contributed by atoms with Gasteiger partial charge in [0.25, 0.3) is 5.89 Å². The fraction of sp³-hybridized carbons (Fsp3) is 0.286. The number of halogens is 4. The Hall–Kier alpha value is -3.47. The zero-order chi connectivity index (χ0) is 22.7. The van der Waals surface area contributed by atoms with Crippen molar-refractivity contribution in [2.24, 2.45) is 0 Å². The third-order valence-corrected chi connectivity index (χ3v) is 4.85. The molecule has 0 N–H and O–H groups in total. The summed E-state index contributed by atoms with van der Waals surface area (Å²) in [5.41, 5.74) is 0.801. The lowest BCUT2D eigenvalue weighted by molar-refractivity contribution is -0.156. The first-order valence-electron chi connectivity index (χ1n) is 9.71. The maximum Gasteiger partial charge on any atom is 0.470 e. The average molecular weight is 450 g/mol. The van der Waals surface area contributed by atoms with E-state index >= 15 is 0 Å². The van der Waals surface area contributed by atoms with Crippen LogP contribution >= 0.6 is 0 Å². The quantitative estimate of drug-likeness (QED) is 0.553. The molecule has 1 aliphatic heterocycles. The predicted octanol–water partition coefficient (Wildman–Crippen LogP) is 4.35. The van der Waals surface area contributed by atoms with Gasteiger partial charge in [0, 0.05) is 18.8 Å². The molecule has 2 amide bonds. The first-order valence-corrected chi connectivity index (χ1v) is 9.71. The smallest absolute Gasteiger partial charge is 0.413 e. The fourth-order valence-electron chi connectivity index (χ4n) is 3.26. The highest BCUT2D eigenvalue weighted by molar-refractivity contribution is 5.92. The van der Waals surface area contributed by atoms with E-state index < -0.39 is 23.8 Å². The number of benzene rings is 2. The van der Waals surface area contributed by atoms with E-state index in [2.05, 4.69) is 14.6 Å². The number of carbonyl (C=O) groups excluding carboxylic acids is 1. The number of urea groups is 1. The van der Waals surface area contributed by atoms with Crippen LogP contribution in [0.4, 0.5) is 28.0 Å². The summed E-state index contributed by atoms with van der Waals surface area (Å²) < 4.78 is 62.6. The molecule has 1 aliphatic rings. The monoisotopic (exact) mass is 450 g/mol. The number of morpholine rings is 1. The third-order valence-electron chi connectivity index (χ3n) is 4.85. The lowest BCUT2D eigenvalue weighted by Gasteiger charge is -2.33. The molecule has 2 aromatic carbocycles. The molecular weight excluding hydrogens is 432 g/mol. The van der Waals surface area contributed by atoms with E-state index in [0.29, 0.717) is 37.6 Å². The molecule has 4 rings (SSSR count). The third kappa shape index (κ3) is 4.72. The van der Waals surface area contributed by atoms with Crippen molar-refractivity contribution in [3.63, 3.8) is 0 Å². The van der Waals surface area contributed by atoms with Gasteiger partial charge in [0.2, 0.25) is 0 Å². The van der Waals surface area contributed by atoms with Gasteiger partial charge in [-0.05, 0) is 29.8 Å². The topological polar surface area (TPSA) is 71.7 Å². The average Bonchev–Trinajstić information content (AvgIpc) is 3.29. The number of anilines is 1. The van der Waals surface area contributed by atoms with Gasteiger partial charge >= 0.3 is 18.1 Å². The van der Waals surface area contributed by atoms with E-state index in [1.165, 1.54) is 17.0 Å². The second-order valence-electron chi connectivity index (χ2n) is 7.03. The van der Waals surface area contributed by atoms with Gasteiger partial charge < -0.3 is 14.1 Å². The molecule has 1 fully saturated rings. The molecule has 0 unspecified atom stereocenters. The van der Waals surface area contributed by atoms with Crippen molar-refractivity contribution in [3.8, 4) is 11.5 Å². The zero-order valence-electron chi connectivity index (χ0n) is 16.7. The van der Waals surface area contributed by atoms with Gasteiger partial charge in [-0.15, -0.1) is 10.2 Å². The molecule has 1 aromatic heterocycles. The molecule has 0 radical (unpaired) electrons. The van der Waals surface area contributed by atoms with Crippen LogP contribution in [0.5, 0.6) is 0 Å². The van der Waals surface area contributed by atoms with Gasteiger partial charge in [0.15, 0.2) is 0 Å². The number of amides is 2. The van der Waals surface area contributed by atoms with Crippen molar-refractivity contribution in [1.29, 1.82) is 0 Å². The number of rotatable bonds is 4. The van der Waals surface area contributed by atoms with Gasteiger partial charge in [-0.25, -0.2) is 9.18 Å². The van der Waals surface area contributed by atoms with Crippen molar-refractivity contribution in [2.45, 2.75) is 12.7 Å². The van der Waals surface area contributed by atoms with Crippen LogP contribution in [0.15, 0.2) is 52.9 Å². The molecule has 168 valence electrons. The predicted molar refractivity (Wildman–Crippen MR) is 105 cm³/mol. The molecular formula is C21H18F4N4O3. The van der Waals surface area contributed by atoms with Crippen molar-refractivity contribution < 1.29 is 31.5 Å². The summed E-state index contributed by atoms with van der Waals surface area (Å²) in [4.78, 5) is 16.3. The van der Waals surface area contributed by atoms with Crippen LogP contribution in [-0.2, 0) is 17.5 Å². The lowest BCUT2D eigenvalue weighted by Crippen LogP contribution is -2.48. The normalized spacial score (nSPS) is 14.4. The van der Waals surface area contributed by atoms with Gasteiger partial charge in [-0.1, -0.05) is 24.3 Å². The van der Waals surface area contributed by atoms with Gasteiger partial charge in [0.05, 0.1) is 25.3 Å². The Bertz CT molecular complexity index is 1080. The number of nitrogens with zero attached hydrogens (tertiary/aromatic N) is 4. The molecule has 11 heteroatoms. The van der Waals surface area contributed by atoms with E-state index in [1.807, 2.05) is 6.07 Å². The molecule has 0 bridgehead atoms. The van der Waals surface area contributed by atoms with Crippen molar-refractivity contribution in [2.75, 3.05) is 31.2 Å². The Morgan fingerprint density at radius 3 is 2.41 bits per heavy atom. The van der Waals surface area contributed by atoms with Gasteiger partial charge in [0.1, 0.15) is 5.82 Å². The maximum atomic E-state index is 14.7. The molecule has 3 aromatic rings. The number of alkyl halides is 3. The van der Waals surface area contributed by atoms with Crippen LogP contribution in [0.1, 0.15) is 11.5 Å². The van der Waals surface area contributed by atoms with E-state index in [9.17, 15) is 22.4 Å². The number of ether oxygens (including phenoxy) is 1. The number of hydrogen-bond donors (Lipinski definition) is 0. The Morgan fingerprint density at radius 2 is 1.78 bits per heavy atom. The van der Waals surface area contributed by atoms with Gasteiger partial charge in [-0.2, -0.15) is 13.2 Å². The van der Waals surface area contributed by atoms with Crippen LogP contribution in [0, 0.1) is 5.82 Å². The van der Waals surface area contributed by atoms with E-state index in [0.717, 1.165) is 6.07 Å². The van der Waals surface area contributed by atoms with Crippen molar-refractivity contribution in [3.05, 3.63) is 65.8 Å². The summed E-state index contributed by atoms with van der Waals surface area (Å²) >= 11 is 0. The molecule has 0 aliphatic carbocycles. The molecule has 32 heavy (non-hydrogen) atoms. The standard InChI is InChI=1S/C21H18F4N4O3/c22-17-12-14(6-7-16(17)18-26-27-19(32-18)21(23,24)25)13-29(15-4-2-1-3-5-15)20(30)28-8-10-31-11-9-28/h1-7,12H,8-11,13H2. The molecule has 7 nitrogen and oxygen atoms in total. The molecule has 2 heterocycles. The Labute approximate surface area is 180 Å². The maximum absolute atomic E-state index is 14.7. The minimum absolute atomic E-state index is 0.0506. The Balaban J connectivity index is 1.59. The number of aromatic nitrogens is 2. The first kappa shape index (κ1) is 21.8. The molecule has 0 spiro atoms. The van der Waals surface area contributed by atoms with Crippen LogP contribution in [-0.4, -0.2) is 47.4 Å². The van der Waals surface area contributed by atoms with Crippen molar-refractivity contribution >= 4 is 11.7 Å². The fourth-order valence-corrected chi connectivity index (χ4v) is 3.26. The summed E-state index contributed by atoms with van der Waals surface area (Å²) in [6.07, 6.45) is -4.82. The summed E-state index contributed by atoms with van der Waals surface area (Å²) in [6, 6.07) is 12.5. The first-order chi connectivity index (χ1) is 15.3. The van der Waals surface area contributed by atoms with Crippen molar-refractivity contribution in [1.82, 2.24) is 15.1 Å². The van der Waals surface area contributed by atoms with E-state index in [1.54, 1.807) is 29.2 Å². The Morgan fingerprint density at radius 1 is 1.06 bits per heavy atom. The van der Waals surface area contributed by atoms with Crippen LogP contribution in [0.25, 0.3) is 11.5 Å². The number of carbonyl (C=O) groups is 1. The molecule has 1 saturated heterocycles. The second-order valence-corrected chi connectivity index (χ2v) is 7.03. The van der Waals surface area contributed by atoms with Crippen LogP contribution in [0.3, 0.4) is 0 Å². The van der Waals surface area contributed by atoms with E-state index in [4.69, 9.17) is 4.74 Å². The number of para-hydroxylation sites is 1. The SMILES string of the molecule is O=C(N1CCOCC1)N(Cc1ccc(-c2nnc(C(F)(F)F)o2)c(F)c1)c1ccccc1. The summed E-state index contributed by atoms with van der Waals surface area (Å²) in [7, 11) is 0. The largest absolute Gasteiger partial charge is 0.470 e. The van der Waals surface area contributed by atoms with Crippen LogP contribution in [0.2, 0.25) is 0 Å². The summed E-state index contributed by atoms with van der Waals surface area (Å²) in [6.45, 7) is 1.79. The lowest BCUT2D eigenvalue weighted by atomic mass is 10.1. The number of hydrogen-bond acceptors (Lipinski definition) is 5. The molecule has 0 saturated carbocycles. The minimum atomic E-state index is -4.82. The summed E-state index contributed by atoms with van der Waals surface area (Å²) in [5, 5.41) is 6.20. The highest BCUT2D eigenvalue weighted by Gasteiger charge is 2.38. The second kappa shape index (κ2) is 8.95. The molecule has 0 atom stereocenters. The highest BCUT2D eigenvalue weighted by Crippen LogP contribution is 2.31. The highest BCUT2D eigenvalue weighted by atomic mass is 19.4. The summed E-state index contributed by atoms with van der Waals surface area (Å²) in [5.74, 6) is -2.97.